The van der Waals surface area contributed by atoms with Crippen LogP contribution < -0.4 is 4.74 Å². The molecule has 0 unspecified atom stereocenters. The standard InChI is InChI=1S/C29H35F4N3O3/c1-19-13-22(37)16-36(19)27(38)21-3-5-24(25(30)14-21)26-6-4-23(15-34-26)39-17-20-7-11-35(12-8-20)18-28(9-2-10-28)29(31,32)33/h3-6,14-15,19-20,22,37H,2,7-13,16-18H2,1H3/t19-,22+/m0/s1. The van der Waals surface area contributed by atoms with Crippen LogP contribution in [0.15, 0.2) is 36.5 Å². The SMILES string of the molecule is C[C@H]1C[C@@H](O)CN1C(=O)c1ccc(-c2ccc(OCC3CCN(CC4(C(F)(F)F)CCC4)CC3)cn2)c(F)c1. The number of hydrogen-bond donors (Lipinski definition) is 1. The minimum atomic E-state index is -4.14. The normalized spacial score (nSPS) is 24.0. The number of carbonyl (C=O) groups excluding carboxylic acids is 1. The summed E-state index contributed by atoms with van der Waals surface area (Å²) in [5.41, 5.74) is -0.617. The van der Waals surface area contributed by atoms with Gasteiger partial charge in [0, 0.05) is 30.3 Å². The molecule has 2 aliphatic heterocycles. The minimum absolute atomic E-state index is 0.0989. The van der Waals surface area contributed by atoms with E-state index in [2.05, 4.69) is 4.98 Å². The molecule has 0 spiro atoms. The van der Waals surface area contributed by atoms with E-state index in [1.807, 2.05) is 11.8 Å². The highest BCUT2D eigenvalue weighted by Gasteiger charge is 2.58. The average Bonchev–Trinajstić information content (AvgIpc) is 3.22. The molecule has 2 saturated heterocycles. The quantitative estimate of drug-likeness (QED) is 0.475. The lowest BCUT2D eigenvalue weighted by atomic mass is 9.67. The van der Waals surface area contributed by atoms with Crippen LogP contribution in [0.1, 0.15) is 55.8 Å². The van der Waals surface area contributed by atoms with Gasteiger partial charge in [-0.15, -0.1) is 0 Å². The lowest BCUT2D eigenvalue weighted by molar-refractivity contribution is -0.256. The molecule has 0 bridgehead atoms. The van der Waals surface area contributed by atoms with Crippen LogP contribution in [0.2, 0.25) is 0 Å². The fourth-order valence-corrected chi connectivity index (χ4v) is 6.02. The molecule has 1 N–H and O–H groups in total. The topological polar surface area (TPSA) is 65.9 Å². The third-order valence-electron chi connectivity index (χ3n) is 8.67. The molecule has 3 fully saturated rings. The van der Waals surface area contributed by atoms with Gasteiger partial charge in [-0.3, -0.25) is 9.78 Å². The Morgan fingerprint density at radius 3 is 2.46 bits per heavy atom. The zero-order chi connectivity index (χ0) is 27.8. The van der Waals surface area contributed by atoms with Crippen LogP contribution in [-0.2, 0) is 0 Å². The summed E-state index contributed by atoms with van der Waals surface area (Å²) in [5, 5.41) is 9.81. The molecule has 3 heterocycles. The van der Waals surface area contributed by atoms with Crippen molar-refractivity contribution in [1.82, 2.24) is 14.8 Å². The van der Waals surface area contributed by atoms with Gasteiger partial charge in [-0.1, -0.05) is 6.42 Å². The van der Waals surface area contributed by atoms with Gasteiger partial charge in [0.15, 0.2) is 0 Å². The molecule has 1 saturated carbocycles. The molecule has 10 heteroatoms. The predicted octanol–water partition coefficient (Wildman–Crippen LogP) is 5.31. The number of aliphatic hydroxyl groups is 1. The number of ether oxygens (including phenoxy) is 1. The number of likely N-dealkylation sites (tertiary alicyclic amines) is 2. The van der Waals surface area contributed by atoms with E-state index in [1.54, 1.807) is 23.1 Å². The summed E-state index contributed by atoms with van der Waals surface area (Å²) in [5.74, 6) is -0.0723. The fraction of sp³-hybridized carbons (Fsp3) is 0.586. The molecule has 1 aromatic heterocycles. The largest absolute Gasteiger partial charge is 0.492 e. The summed E-state index contributed by atoms with van der Waals surface area (Å²) in [7, 11) is 0. The number of nitrogens with zero attached hydrogens (tertiary/aromatic N) is 3. The zero-order valence-corrected chi connectivity index (χ0v) is 22.1. The summed E-state index contributed by atoms with van der Waals surface area (Å²) in [6.07, 6.45) is 0.0208. The average molecular weight is 550 g/mol. The summed E-state index contributed by atoms with van der Waals surface area (Å²) < 4.78 is 61.3. The van der Waals surface area contributed by atoms with E-state index in [0.717, 1.165) is 12.8 Å². The second kappa shape index (κ2) is 11.0. The number of amides is 1. The van der Waals surface area contributed by atoms with Gasteiger partial charge in [0.1, 0.15) is 11.6 Å². The van der Waals surface area contributed by atoms with Crippen LogP contribution in [0.3, 0.4) is 0 Å². The number of alkyl halides is 3. The smallest absolute Gasteiger partial charge is 0.395 e. The van der Waals surface area contributed by atoms with Crippen LogP contribution in [0.4, 0.5) is 17.6 Å². The van der Waals surface area contributed by atoms with E-state index in [9.17, 15) is 27.5 Å². The molecule has 212 valence electrons. The second-order valence-corrected chi connectivity index (χ2v) is 11.4. The van der Waals surface area contributed by atoms with E-state index < -0.39 is 23.5 Å². The first-order valence-electron chi connectivity index (χ1n) is 13.7. The van der Waals surface area contributed by atoms with E-state index >= 15 is 0 Å². The molecule has 1 aromatic carbocycles. The summed E-state index contributed by atoms with van der Waals surface area (Å²) >= 11 is 0. The predicted molar refractivity (Wildman–Crippen MR) is 138 cm³/mol. The van der Waals surface area contributed by atoms with Crippen molar-refractivity contribution in [3.8, 4) is 17.0 Å². The van der Waals surface area contributed by atoms with Crippen LogP contribution >= 0.6 is 0 Å². The van der Waals surface area contributed by atoms with Gasteiger partial charge in [-0.2, -0.15) is 13.2 Å². The molecular weight excluding hydrogens is 514 g/mol. The summed E-state index contributed by atoms with van der Waals surface area (Å²) in [6.45, 7) is 3.92. The third kappa shape index (κ3) is 5.91. The first-order chi connectivity index (χ1) is 18.5. The van der Waals surface area contributed by atoms with Crippen molar-refractivity contribution >= 4 is 5.91 Å². The van der Waals surface area contributed by atoms with Crippen molar-refractivity contribution < 1.29 is 32.2 Å². The number of hydrogen-bond acceptors (Lipinski definition) is 5. The summed E-state index contributed by atoms with van der Waals surface area (Å²) in [4.78, 5) is 20.6. The van der Waals surface area contributed by atoms with E-state index in [0.29, 0.717) is 44.0 Å². The number of rotatable bonds is 7. The Labute approximate surface area is 226 Å². The Morgan fingerprint density at radius 2 is 1.92 bits per heavy atom. The van der Waals surface area contributed by atoms with Crippen LogP contribution in [0.25, 0.3) is 11.3 Å². The number of aromatic nitrogens is 1. The van der Waals surface area contributed by atoms with Crippen LogP contribution in [0, 0.1) is 17.2 Å². The molecule has 5 rings (SSSR count). The molecule has 1 aliphatic carbocycles. The maximum Gasteiger partial charge on any atom is 0.395 e. The lowest BCUT2D eigenvalue weighted by Crippen LogP contribution is -2.53. The number of pyridine rings is 1. The summed E-state index contributed by atoms with van der Waals surface area (Å²) in [6, 6.07) is 7.57. The Morgan fingerprint density at radius 1 is 1.18 bits per heavy atom. The van der Waals surface area contributed by atoms with E-state index in [-0.39, 0.29) is 54.9 Å². The molecular formula is C29H35F4N3O3. The maximum atomic E-state index is 14.9. The van der Waals surface area contributed by atoms with Crippen LogP contribution in [0.5, 0.6) is 5.75 Å². The molecule has 3 aliphatic rings. The van der Waals surface area contributed by atoms with Crippen molar-refractivity contribution in [2.45, 2.75) is 63.8 Å². The third-order valence-corrected chi connectivity index (χ3v) is 8.67. The number of halogens is 4. The number of piperidine rings is 1. The highest BCUT2D eigenvalue weighted by atomic mass is 19.4. The first kappa shape index (κ1) is 27.8. The van der Waals surface area contributed by atoms with Crippen molar-refractivity contribution in [1.29, 1.82) is 0 Å². The second-order valence-electron chi connectivity index (χ2n) is 11.4. The maximum absolute atomic E-state index is 14.9. The Balaban J connectivity index is 1.12. The van der Waals surface area contributed by atoms with Crippen molar-refractivity contribution in [3.05, 3.63) is 47.9 Å². The number of aliphatic hydroxyl groups excluding tert-OH is 1. The highest BCUT2D eigenvalue weighted by Crippen LogP contribution is 2.53. The number of benzene rings is 1. The highest BCUT2D eigenvalue weighted by molar-refractivity contribution is 5.95. The Hall–Kier alpha value is -2.72. The van der Waals surface area contributed by atoms with Crippen molar-refractivity contribution in [3.63, 3.8) is 0 Å². The number of carbonyl (C=O) groups is 1. The molecule has 2 atom stereocenters. The van der Waals surface area contributed by atoms with Crippen LogP contribution in [-0.4, -0.2) is 76.9 Å². The molecule has 6 nitrogen and oxygen atoms in total. The Bertz CT molecular complexity index is 1160. The molecule has 0 radical (unpaired) electrons. The van der Waals surface area contributed by atoms with Crippen molar-refractivity contribution in [2.24, 2.45) is 11.3 Å². The van der Waals surface area contributed by atoms with Gasteiger partial charge in [0.05, 0.1) is 30.0 Å². The van der Waals surface area contributed by atoms with Gasteiger partial charge in [-0.05, 0) is 88.4 Å². The van der Waals surface area contributed by atoms with Gasteiger partial charge < -0.3 is 19.6 Å². The zero-order valence-electron chi connectivity index (χ0n) is 22.1. The van der Waals surface area contributed by atoms with E-state index in [4.69, 9.17) is 4.74 Å². The molecule has 2 aromatic rings. The lowest BCUT2D eigenvalue weighted by Gasteiger charge is -2.47. The number of β-amino-alcohol motifs (C(OH)–C–C–N with tert-alkyl or cyclic N) is 1. The van der Waals surface area contributed by atoms with Gasteiger partial charge in [0.2, 0.25) is 0 Å². The Kier molecular flexibility index (Phi) is 7.88. The van der Waals surface area contributed by atoms with E-state index in [1.165, 1.54) is 18.3 Å². The van der Waals surface area contributed by atoms with Gasteiger partial charge in [-0.25, -0.2) is 4.39 Å². The van der Waals surface area contributed by atoms with Gasteiger partial charge >= 0.3 is 6.18 Å². The van der Waals surface area contributed by atoms with Crippen molar-refractivity contribution in [2.75, 3.05) is 32.8 Å². The minimum Gasteiger partial charge on any atom is -0.492 e. The molecule has 39 heavy (non-hydrogen) atoms. The fourth-order valence-electron chi connectivity index (χ4n) is 6.02. The molecule has 1 amide bonds. The first-order valence-corrected chi connectivity index (χ1v) is 13.7. The monoisotopic (exact) mass is 549 g/mol. The van der Waals surface area contributed by atoms with Gasteiger partial charge in [0.25, 0.3) is 5.91 Å².